The van der Waals surface area contributed by atoms with Gasteiger partial charge < -0.3 is 4.52 Å². The molecule has 1 aliphatic rings. The second kappa shape index (κ2) is 5.25. The summed E-state index contributed by atoms with van der Waals surface area (Å²) in [4.78, 5) is 5.58. The highest BCUT2D eigenvalue weighted by atomic mass is 32.2. The lowest BCUT2D eigenvalue weighted by Gasteiger charge is -2.21. The Morgan fingerprint density at radius 2 is 2.13 bits per heavy atom. The number of benzene rings is 1. The van der Waals surface area contributed by atoms with Crippen molar-refractivity contribution in [3.8, 4) is 0 Å². The Hall–Kier alpha value is -1.51. The van der Waals surface area contributed by atoms with Gasteiger partial charge in [0.1, 0.15) is 22.1 Å². The fourth-order valence-corrected chi connectivity index (χ4v) is 5.02. The van der Waals surface area contributed by atoms with Crippen LogP contribution in [-0.2, 0) is 14.7 Å². The van der Waals surface area contributed by atoms with Crippen molar-refractivity contribution in [3.63, 3.8) is 0 Å². The summed E-state index contributed by atoms with van der Waals surface area (Å²) in [6.07, 6.45) is 0.362. The Morgan fingerprint density at radius 1 is 1.43 bits per heavy atom. The minimum atomic E-state index is -3.60. The van der Waals surface area contributed by atoms with Gasteiger partial charge in [-0.25, -0.2) is 12.8 Å². The maximum atomic E-state index is 13.2. The van der Waals surface area contributed by atoms with Crippen molar-refractivity contribution in [2.75, 3.05) is 7.05 Å². The third-order valence-corrected chi connectivity index (χ3v) is 6.61. The highest BCUT2D eigenvalue weighted by molar-refractivity contribution is 7.92. The zero-order valence-corrected chi connectivity index (χ0v) is 14.2. The van der Waals surface area contributed by atoms with Crippen LogP contribution in [0, 0.1) is 5.82 Å². The van der Waals surface area contributed by atoms with Crippen molar-refractivity contribution < 1.29 is 22.2 Å². The van der Waals surface area contributed by atoms with Crippen molar-refractivity contribution in [3.05, 3.63) is 29.7 Å². The molecule has 126 valence electrons. The average molecular weight is 342 g/mol. The Labute approximate surface area is 134 Å². The molecule has 1 aromatic heterocycles. The lowest BCUT2D eigenvalue weighted by Crippen LogP contribution is -2.34. The van der Waals surface area contributed by atoms with E-state index in [1.807, 2.05) is 13.8 Å². The number of hydrogen-bond donors (Lipinski definition) is 0. The lowest BCUT2D eigenvalue weighted by molar-refractivity contribution is -0.168. The second-order valence-corrected chi connectivity index (χ2v) is 8.92. The SMILES string of the molecule is C[C@@H](c1noc2cc(F)ccc12)S(=O)(=O)C1CC(C)(C)ON1C. The maximum absolute atomic E-state index is 13.2. The van der Waals surface area contributed by atoms with Gasteiger partial charge >= 0.3 is 0 Å². The fourth-order valence-electron chi connectivity index (χ4n) is 2.97. The molecule has 0 saturated carbocycles. The first-order chi connectivity index (χ1) is 10.6. The Kier molecular flexibility index (Phi) is 3.74. The molecule has 1 saturated heterocycles. The van der Waals surface area contributed by atoms with Crippen LogP contribution in [0.3, 0.4) is 0 Å². The van der Waals surface area contributed by atoms with Crippen LogP contribution in [0.5, 0.6) is 0 Å². The molecule has 1 aromatic carbocycles. The summed E-state index contributed by atoms with van der Waals surface area (Å²) in [5.74, 6) is -0.457. The van der Waals surface area contributed by atoms with Gasteiger partial charge in [0.25, 0.3) is 0 Å². The monoisotopic (exact) mass is 342 g/mol. The number of hydrogen-bond acceptors (Lipinski definition) is 6. The summed E-state index contributed by atoms with van der Waals surface area (Å²) in [6.45, 7) is 5.26. The Morgan fingerprint density at radius 3 is 2.74 bits per heavy atom. The Bertz CT molecular complexity index is 846. The van der Waals surface area contributed by atoms with Gasteiger partial charge in [0.2, 0.25) is 0 Å². The molecule has 8 heteroatoms. The van der Waals surface area contributed by atoms with Crippen LogP contribution in [0.1, 0.15) is 38.1 Å². The second-order valence-electron chi connectivity index (χ2n) is 6.50. The first-order valence-corrected chi connectivity index (χ1v) is 8.92. The van der Waals surface area contributed by atoms with Crippen molar-refractivity contribution in [2.24, 2.45) is 0 Å². The summed E-state index contributed by atoms with van der Waals surface area (Å²) < 4.78 is 44.2. The largest absolute Gasteiger partial charge is 0.356 e. The number of fused-ring (bicyclic) bond motifs is 1. The molecule has 0 aliphatic carbocycles. The third kappa shape index (κ3) is 2.75. The van der Waals surface area contributed by atoms with Crippen LogP contribution >= 0.6 is 0 Å². The summed E-state index contributed by atoms with van der Waals surface area (Å²) in [5, 5.41) is 4.09. The molecule has 2 atom stereocenters. The Balaban J connectivity index is 1.99. The quantitative estimate of drug-likeness (QED) is 0.854. The summed E-state index contributed by atoms with van der Waals surface area (Å²) in [6, 6.07) is 3.94. The zero-order valence-electron chi connectivity index (χ0n) is 13.4. The standard InChI is InChI=1S/C15H19FN2O4S/c1-9(14-11-6-5-10(16)7-12(11)21-17-14)23(19,20)13-8-15(2,3)22-18(13)4/h5-7,9,13H,8H2,1-4H3/t9-,13?/m0/s1. The van der Waals surface area contributed by atoms with Crippen LogP contribution in [-0.4, -0.2) is 36.7 Å². The maximum Gasteiger partial charge on any atom is 0.177 e. The number of sulfone groups is 1. The molecule has 0 bridgehead atoms. The molecule has 0 N–H and O–H groups in total. The highest BCUT2D eigenvalue weighted by Gasteiger charge is 2.47. The first kappa shape index (κ1) is 16.4. The molecule has 3 rings (SSSR count). The summed E-state index contributed by atoms with van der Waals surface area (Å²) >= 11 is 0. The van der Waals surface area contributed by atoms with E-state index in [9.17, 15) is 12.8 Å². The van der Waals surface area contributed by atoms with Crippen LogP contribution in [0.25, 0.3) is 11.0 Å². The van der Waals surface area contributed by atoms with Gasteiger partial charge in [0.05, 0.1) is 5.60 Å². The molecule has 1 unspecified atom stereocenters. The fraction of sp³-hybridized carbons (Fsp3) is 0.533. The molecule has 2 aromatic rings. The van der Waals surface area contributed by atoms with Crippen LogP contribution < -0.4 is 0 Å². The minimum absolute atomic E-state index is 0.235. The predicted molar refractivity (Wildman–Crippen MR) is 82.6 cm³/mol. The van der Waals surface area contributed by atoms with Crippen molar-refractivity contribution >= 4 is 20.8 Å². The molecule has 1 fully saturated rings. The van der Waals surface area contributed by atoms with Crippen molar-refractivity contribution in [2.45, 2.75) is 43.4 Å². The van der Waals surface area contributed by atoms with Crippen molar-refractivity contribution in [1.29, 1.82) is 0 Å². The smallest absolute Gasteiger partial charge is 0.177 e. The number of nitrogens with zero attached hydrogens (tertiary/aromatic N) is 2. The van der Waals surface area contributed by atoms with Gasteiger partial charge in [-0.2, -0.15) is 5.06 Å². The normalized spacial score (nSPS) is 23.4. The zero-order chi connectivity index (χ0) is 17.0. The predicted octanol–water partition coefficient (Wildman–Crippen LogP) is 2.81. The van der Waals surface area contributed by atoms with E-state index < -0.39 is 31.9 Å². The average Bonchev–Trinajstić information content (AvgIpc) is 2.97. The number of halogens is 1. The summed E-state index contributed by atoms with van der Waals surface area (Å²) in [5.41, 5.74) is -0.0159. The van der Waals surface area contributed by atoms with Gasteiger partial charge in [0, 0.05) is 24.9 Å². The molecule has 0 spiro atoms. The molecule has 1 aliphatic heterocycles. The van der Waals surface area contributed by atoms with Gasteiger partial charge in [-0.15, -0.1) is 0 Å². The van der Waals surface area contributed by atoms with E-state index in [0.717, 1.165) is 0 Å². The molecule has 23 heavy (non-hydrogen) atoms. The van der Waals surface area contributed by atoms with E-state index in [0.29, 0.717) is 11.8 Å². The van der Waals surface area contributed by atoms with Crippen molar-refractivity contribution in [1.82, 2.24) is 10.2 Å². The molecule has 0 radical (unpaired) electrons. The van der Waals surface area contributed by atoms with Gasteiger partial charge in [0.15, 0.2) is 15.4 Å². The van der Waals surface area contributed by atoms with Gasteiger partial charge in [-0.1, -0.05) is 5.16 Å². The summed E-state index contributed by atoms with van der Waals surface area (Å²) in [7, 11) is -1.99. The van der Waals surface area contributed by atoms with E-state index in [1.165, 1.54) is 23.3 Å². The van der Waals surface area contributed by atoms with E-state index in [2.05, 4.69) is 5.16 Å². The van der Waals surface area contributed by atoms with Crippen LogP contribution in [0.4, 0.5) is 4.39 Å². The van der Waals surface area contributed by atoms with Gasteiger partial charge in [-0.05, 0) is 32.9 Å². The van der Waals surface area contributed by atoms with E-state index in [1.54, 1.807) is 14.0 Å². The first-order valence-electron chi connectivity index (χ1n) is 7.31. The van der Waals surface area contributed by atoms with Crippen LogP contribution in [0.15, 0.2) is 22.7 Å². The molecule has 0 amide bonds. The number of hydroxylamine groups is 2. The van der Waals surface area contributed by atoms with E-state index >= 15 is 0 Å². The number of rotatable bonds is 3. The van der Waals surface area contributed by atoms with Gasteiger partial charge in [-0.3, -0.25) is 4.84 Å². The minimum Gasteiger partial charge on any atom is -0.356 e. The molecular weight excluding hydrogens is 323 g/mol. The topological polar surface area (TPSA) is 72.6 Å². The lowest BCUT2D eigenvalue weighted by atomic mass is 10.1. The molecule has 6 nitrogen and oxygen atoms in total. The van der Waals surface area contributed by atoms with E-state index in [-0.39, 0.29) is 11.3 Å². The molecule has 2 heterocycles. The highest BCUT2D eigenvalue weighted by Crippen LogP contribution is 2.38. The third-order valence-electron chi connectivity index (χ3n) is 4.18. The molecular formula is C15H19FN2O4S. The van der Waals surface area contributed by atoms with E-state index in [4.69, 9.17) is 9.36 Å². The number of aromatic nitrogens is 1. The van der Waals surface area contributed by atoms with Crippen LogP contribution in [0.2, 0.25) is 0 Å².